The van der Waals surface area contributed by atoms with Gasteiger partial charge < -0.3 is 9.64 Å². The molecule has 0 aliphatic carbocycles. The first-order valence-corrected chi connectivity index (χ1v) is 8.83. The molecule has 1 heterocycles. The zero-order valence-corrected chi connectivity index (χ0v) is 15.2. The Hall–Kier alpha value is -1.88. The molecule has 0 spiro atoms. The van der Waals surface area contributed by atoms with Gasteiger partial charge in [0.05, 0.1) is 12.6 Å². The number of halogens is 1. The number of hydrogen-bond acceptors (Lipinski definition) is 3. The molecule has 0 saturated carbocycles. The van der Waals surface area contributed by atoms with E-state index in [2.05, 4.69) is 4.90 Å². The second-order valence-electron chi connectivity index (χ2n) is 6.41. The van der Waals surface area contributed by atoms with Crippen LogP contribution >= 0.6 is 11.6 Å². The van der Waals surface area contributed by atoms with Crippen molar-refractivity contribution in [3.05, 3.63) is 70.7 Å². The molecule has 0 radical (unpaired) electrons. The monoisotopic (exact) mass is 358 g/mol. The fraction of sp³-hybridized carbons (Fsp3) is 0.350. The van der Waals surface area contributed by atoms with Crippen molar-refractivity contribution in [3.8, 4) is 0 Å². The number of carbonyl (C=O) groups excluding carboxylic acids is 1. The van der Waals surface area contributed by atoms with E-state index in [1.165, 1.54) is 0 Å². The van der Waals surface area contributed by atoms with Crippen LogP contribution in [0.4, 0.5) is 0 Å². The second kappa shape index (κ2) is 8.48. The van der Waals surface area contributed by atoms with E-state index < -0.39 is 0 Å². The Bertz CT molecular complexity index is 691. The average molecular weight is 359 g/mol. The third-order valence-corrected chi connectivity index (χ3v) is 4.72. The number of methoxy groups -OCH3 is 1. The highest BCUT2D eigenvalue weighted by atomic mass is 35.5. The topological polar surface area (TPSA) is 32.8 Å². The van der Waals surface area contributed by atoms with Gasteiger partial charge in [-0.1, -0.05) is 54.1 Å². The number of nitrogens with zero attached hydrogens (tertiary/aromatic N) is 2. The maximum atomic E-state index is 12.7. The van der Waals surface area contributed by atoms with Gasteiger partial charge in [-0.3, -0.25) is 9.69 Å². The number of hydrogen-bond donors (Lipinski definition) is 0. The number of benzene rings is 2. The van der Waals surface area contributed by atoms with Gasteiger partial charge in [0, 0.05) is 38.3 Å². The highest BCUT2D eigenvalue weighted by molar-refractivity contribution is 6.30. The van der Waals surface area contributed by atoms with Crippen molar-refractivity contribution in [2.75, 3.05) is 26.7 Å². The van der Waals surface area contributed by atoms with E-state index in [4.69, 9.17) is 16.3 Å². The maximum absolute atomic E-state index is 12.7. The van der Waals surface area contributed by atoms with Crippen LogP contribution in [-0.4, -0.2) is 48.6 Å². The first-order chi connectivity index (χ1) is 12.1. The maximum Gasteiger partial charge on any atom is 0.237 e. The molecule has 0 aromatic heterocycles. The Morgan fingerprint density at radius 2 is 1.68 bits per heavy atom. The molecule has 1 saturated heterocycles. The predicted octanol–water partition coefficient (Wildman–Crippen LogP) is 3.20. The summed E-state index contributed by atoms with van der Waals surface area (Å²) in [5, 5.41) is 0.722. The molecule has 1 aliphatic heterocycles. The second-order valence-corrected chi connectivity index (χ2v) is 6.85. The fourth-order valence-electron chi connectivity index (χ4n) is 3.12. The summed E-state index contributed by atoms with van der Waals surface area (Å²) in [7, 11) is 1.71. The van der Waals surface area contributed by atoms with E-state index in [0.29, 0.717) is 26.2 Å². The average Bonchev–Trinajstić information content (AvgIpc) is 2.77. The van der Waals surface area contributed by atoms with E-state index in [0.717, 1.165) is 22.7 Å². The first kappa shape index (κ1) is 17.9. The van der Waals surface area contributed by atoms with E-state index in [1.807, 2.05) is 59.5 Å². The molecule has 25 heavy (non-hydrogen) atoms. The Balaban J connectivity index is 1.69. The highest BCUT2D eigenvalue weighted by Crippen LogP contribution is 2.16. The van der Waals surface area contributed by atoms with Crippen molar-refractivity contribution in [2.45, 2.75) is 19.2 Å². The van der Waals surface area contributed by atoms with Crippen LogP contribution in [0.5, 0.6) is 0 Å². The smallest absolute Gasteiger partial charge is 0.237 e. The van der Waals surface area contributed by atoms with E-state index in [1.54, 1.807) is 7.11 Å². The molecule has 0 N–H and O–H groups in total. The minimum absolute atomic E-state index is 0.00228. The SMILES string of the molecule is COC1CN(Cc2ccc(Cl)cc2)CC(=O)N(Cc2ccccc2)C1. The third kappa shape index (κ3) is 5.05. The summed E-state index contributed by atoms with van der Waals surface area (Å²) >= 11 is 5.95. The van der Waals surface area contributed by atoms with Gasteiger partial charge in [0.15, 0.2) is 0 Å². The Labute approximate surface area is 154 Å². The zero-order valence-electron chi connectivity index (χ0n) is 14.4. The number of ether oxygens (including phenoxy) is 1. The van der Waals surface area contributed by atoms with Gasteiger partial charge in [-0.05, 0) is 23.3 Å². The molecule has 1 atom stereocenters. The predicted molar refractivity (Wildman–Crippen MR) is 99.4 cm³/mol. The van der Waals surface area contributed by atoms with Crippen LogP contribution in [-0.2, 0) is 22.6 Å². The van der Waals surface area contributed by atoms with Crippen LogP contribution in [0.25, 0.3) is 0 Å². The van der Waals surface area contributed by atoms with Gasteiger partial charge in [0.1, 0.15) is 0 Å². The Morgan fingerprint density at radius 1 is 1.00 bits per heavy atom. The van der Waals surface area contributed by atoms with E-state index >= 15 is 0 Å². The summed E-state index contributed by atoms with van der Waals surface area (Å²) in [5.41, 5.74) is 2.28. The van der Waals surface area contributed by atoms with Crippen molar-refractivity contribution in [1.82, 2.24) is 9.80 Å². The number of rotatable bonds is 5. The summed E-state index contributed by atoms with van der Waals surface area (Å²) in [6.45, 7) is 3.07. The molecule has 5 heteroatoms. The lowest BCUT2D eigenvalue weighted by atomic mass is 10.2. The number of carbonyl (C=O) groups is 1. The Kier molecular flexibility index (Phi) is 6.08. The molecule has 2 aromatic carbocycles. The quantitative estimate of drug-likeness (QED) is 0.822. The van der Waals surface area contributed by atoms with E-state index in [-0.39, 0.29) is 12.0 Å². The molecule has 4 nitrogen and oxygen atoms in total. The molecule has 3 rings (SSSR count). The summed E-state index contributed by atoms with van der Waals surface area (Å²) in [6.07, 6.45) is 0.00228. The molecule has 1 unspecified atom stereocenters. The molecule has 1 aliphatic rings. The van der Waals surface area contributed by atoms with Crippen molar-refractivity contribution in [3.63, 3.8) is 0 Å². The van der Waals surface area contributed by atoms with Gasteiger partial charge in [-0.15, -0.1) is 0 Å². The van der Waals surface area contributed by atoms with Gasteiger partial charge in [0.2, 0.25) is 5.91 Å². The van der Waals surface area contributed by atoms with Crippen molar-refractivity contribution >= 4 is 17.5 Å². The highest BCUT2D eigenvalue weighted by Gasteiger charge is 2.27. The number of amides is 1. The van der Waals surface area contributed by atoms with Gasteiger partial charge in [0.25, 0.3) is 0 Å². The van der Waals surface area contributed by atoms with Crippen LogP contribution < -0.4 is 0 Å². The normalized spacial score (nSPS) is 19.0. The lowest BCUT2D eigenvalue weighted by Gasteiger charge is -2.23. The van der Waals surface area contributed by atoms with Gasteiger partial charge in [-0.2, -0.15) is 0 Å². The van der Waals surface area contributed by atoms with Gasteiger partial charge in [-0.25, -0.2) is 0 Å². The van der Waals surface area contributed by atoms with Crippen LogP contribution in [0.15, 0.2) is 54.6 Å². The molecule has 1 fully saturated rings. The lowest BCUT2D eigenvalue weighted by Crippen LogP contribution is -2.37. The van der Waals surface area contributed by atoms with E-state index in [9.17, 15) is 4.79 Å². The summed E-state index contributed by atoms with van der Waals surface area (Å²) in [5.74, 6) is 0.136. The van der Waals surface area contributed by atoms with Crippen LogP contribution in [0.3, 0.4) is 0 Å². The summed E-state index contributed by atoms with van der Waals surface area (Å²) in [4.78, 5) is 16.8. The van der Waals surface area contributed by atoms with Crippen LogP contribution in [0.1, 0.15) is 11.1 Å². The molecule has 1 amide bonds. The third-order valence-electron chi connectivity index (χ3n) is 4.47. The molecular formula is C20H23ClN2O2. The zero-order chi connectivity index (χ0) is 17.6. The fourth-order valence-corrected chi connectivity index (χ4v) is 3.25. The van der Waals surface area contributed by atoms with Crippen molar-refractivity contribution in [2.24, 2.45) is 0 Å². The molecule has 132 valence electrons. The minimum Gasteiger partial charge on any atom is -0.378 e. The van der Waals surface area contributed by atoms with Crippen LogP contribution in [0, 0.1) is 0 Å². The first-order valence-electron chi connectivity index (χ1n) is 8.45. The Morgan fingerprint density at radius 3 is 2.36 bits per heavy atom. The van der Waals surface area contributed by atoms with Crippen molar-refractivity contribution in [1.29, 1.82) is 0 Å². The standard InChI is InChI=1S/C20H23ClN2O2/c1-25-19-13-22(11-17-7-9-18(21)10-8-17)15-20(24)23(14-19)12-16-5-3-2-4-6-16/h2-10,19H,11-15H2,1H3. The lowest BCUT2D eigenvalue weighted by molar-refractivity contribution is -0.132. The summed E-state index contributed by atoms with van der Waals surface area (Å²) in [6, 6.07) is 17.8. The molecule has 2 aromatic rings. The van der Waals surface area contributed by atoms with Crippen molar-refractivity contribution < 1.29 is 9.53 Å². The largest absolute Gasteiger partial charge is 0.378 e. The summed E-state index contributed by atoms with van der Waals surface area (Å²) < 4.78 is 5.62. The van der Waals surface area contributed by atoms with Crippen LogP contribution in [0.2, 0.25) is 5.02 Å². The van der Waals surface area contributed by atoms with Gasteiger partial charge >= 0.3 is 0 Å². The molecule has 0 bridgehead atoms. The molecular weight excluding hydrogens is 336 g/mol. The minimum atomic E-state index is 0.00228.